The number of hydrogen-bond donors (Lipinski definition) is 3. The highest BCUT2D eigenvalue weighted by Crippen LogP contribution is 2.43. The third kappa shape index (κ3) is 5.77. The van der Waals surface area contributed by atoms with Crippen LogP contribution in [0.25, 0.3) is 0 Å². The molecule has 3 N–H and O–H groups in total. The first-order valence-corrected chi connectivity index (χ1v) is 13.0. The number of nitrogens with one attached hydrogen (secondary N) is 3. The van der Waals surface area contributed by atoms with Crippen LogP contribution in [-0.2, 0) is 15.9 Å². The van der Waals surface area contributed by atoms with Crippen LogP contribution < -0.4 is 32.2 Å². The number of carbonyl (C=O) groups is 2. The van der Waals surface area contributed by atoms with Gasteiger partial charge in [0.25, 0.3) is 11.8 Å². The molecule has 0 spiro atoms. The summed E-state index contributed by atoms with van der Waals surface area (Å²) in [5, 5.41) is 8.13. The van der Waals surface area contributed by atoms with Crippen molar-refractivity contribution in [3.8, 4) is 0 Å². The molecule has 0 aliphatic heterocycles. The van der Waals surface area contributed by atoms with Crippen molar-refractivity contribution in [2.24, 2.45) is 5.10 Å². The van der Waals surface area contributed by atoms with Crippen LogP contribution in [0.3, 0.4) is 0 Å². The van der Waals surface area contributed by atoms with E-state index in [1.807, 2.05) is 66.7 Å². The molecule has 7 nitrogen and oxygen atoms in total. The lowest BCUT2D eigenvalue weighted by atomic mass is 10.2. The van der Waals surface area contributed by atoms with Gasteiger partial charge in [-0.1, -0.05) is 109 Å². The van der Waals surface area contributed by atoms with Crippen LogP contribution in [0.1, 0.15) is 15.9 Å². The van der Waals surface area contributed by atoms with Gasteiger partial charge >= 0.3 is 0 Å². The fourth-order valence-electron chi connectivity index (χ4n) is 3.72. The zero-order chi connectivity index (χ0) is 25.2. The van der Waals surface area contributed by atoms with Gasteiger partial charge in [0.05, 0.1) is 5.56 Å². The Morgan fingerprint density at radius 3 is 1.86 bits per heavy atom. The number of carbonyl (C=O) groups excluding carboxylic acids is 2. The predicted molar refractivity (Wildman–Crippen MR) is 143 cm³/mol. The molecular weight excluding hydrogens is 471 g/mol. The fourth-order valence-corrected chi connectivity index (χ4v) is 6.57. The van der Waals surface area contributed by atoms with Gasteiger partial charge in [-0.15, -0.1) is 0 Å². The van der Waals surface area contributed by atoms with E-state index in [0.29, 0.717) is 22.5 Å². The molecule has 0 aliphatic rings. The van der Waals surface area contributed by atoms with Crippen molar-refractivity contribution < 1.29 is 14.2 Å². The summed E-state index contributed by atoms with van der Waals surface area (Å²) in [5.74, 6) is -0.946. The average Bonchev–Trinajstić information content (AvgIpc) is 2.95. The van der Waals surface area contributed by atoms with E-state index in [1.54, 1.807) is 48.5 Å². The molecule has 4 rings (SSSR count). The van der Waals surface area contributed by atoms with Crippen molar-refractivity contribution in [1.82, 2.24) is 16.3 Å². The van der Waals surface area contributed by atoms with Crippen LogP contribution in [0.4, 0.5) is 0 Å². The van der Waals surface area contributed by atoms with Crippen LogP contribution in [-0.4, -0.2) is 18.0 Å². The van der Waals surface area contributed by atoms with E-state index in [2.05, 4.69) is 21.4 Å². The molecule has 0 saturated carbocycles. The Kier molecular flexibility index (Phi) is 8.06. The molecule has 0 fully saturated rings. The summed E-state index contributed by atoms with van der Waals surface area (Å²) in [6, 6.07) is 34.5. The maximum absolute atomic E-state index is 14.7. The molecule has 4 aromatic carbocycles. The Hall–Kier alpha value is -4.48. The van der Waals surface area contributed by atoms with Crippen molar-refractivity contribution in [2.75, 3.05) is 0 Å². The number of hydrazone groups is 1. The quantitative estimate of drug-likeness (QED) is 0.189. The summed E-state index contributed by atoms with van der Waals surface area (Å²) < 4.78 is 14.7. The average molecular weight is 497 g/mol. The van der Waals surface area contributed by atoms with E-state index in [4.69, 9.17) is 0 Å². The highest BCUT2D eigenvalue weighted by Gasteiger charge is 2.33. The Morgan fingerprint density at radius 1 is 0.722 bits per heavy atom. The number of nitrogens with zero attached hydrogens (tertiary/aromatic N) is 1. The molecule has 180 valence electrons. The molecular formula is C28H25N4O3P. The van der Waals surface area contributed by atoms with Gasteiger partial charge in [-0.2, -0.15) is 5.10 Å². The van der Waals surface area contributed by atoms with Crippen LogP contribution in [0.5, 0.6) is 0 Å². The lowest BCUT2D eigenvalue weighted by Gasteiger charge is -2.22. The molecule has 0 unspecified atom stereocenters. The van der Waals surface area contributed by atoms with Crippen LogP contribution in [0, 0.1) is 0 Å². The molecule has 0 aliphatic carbocycles. The lowest BCUT2D eigenvalue weighted by molar-refractivity contribution is -0.114. The first-order chi connectivity index (χ1) is 17.6. The zero-order valence-corrected chi connectivity index (χ0v) is 20.3. The maximum atomic E-state index is 14.7. The van der Waals surface area contributed by atoms with Crippen molar-refractivity contribution in [3.63, 3.8) is 0 Å². The highest BCUT2D eigenvalue weighted by atomic mass is 31.2. The summed E-state index contributed by atoms with van der Waals surface area (Å²) in [5.41, 5.74) is 6.04. The van der Waals surface area contributed by atoms with Crippen molar-refractivity contribution in [3.05, 3.63) is 126 Å². The van der Waals surface area contributed by atoms with Crippen LogP contribution in [0.15, 0.2) is 120 Å². The summed E-state index contributed by atoms with van der Waals surface area (Å²) in [6.07, 6.45) is 1.04. The minimum atomic E-state index is -3.35. The van der Waals surface area contributed by atoms with E-state index in [-0.39, 0.29) is 5.56 Å². The zero-order valence-electron chi connectivity index (χ0n) is 19.4. The summed E-state index contributed by atoms with van der Waals surface area (Å²) in [4.78, 5) is 25.0. The Balaban J connectivity index is 1.50. The third-order valence-corrected chi connectivity index (χ3v) is 8.57. The second kappa shape index (κ2) is 11.8. The second-order valence-electron chi connectivity index (χ2n) is 7.83. The number of benzene rings is 4. The van der Waals surface area contributed by atoms with Gasteiger partial charge in [-0.3, -0.25) is 9.59 Å². The molecule has 4 aromatic rings. The second-order valence-corrected chi connectivity index (χ2v) is 10.6. The molecule has 0 bridgehead atoms. The monoisotopic (exact) mass is 496 g/mol. The summed E-state index contributed by atoms with van der Waals surface area (Å²) in [6.45, 7) is 0.361. The maximum Gasteiger partial charge on any atom is 0.271 e. The minimum Gasteiger partial charge on any atom is -0.347 e. The number of amides is 2. The molecule has 0 aromatic heterocycles. The van der Waals surface area contributed by atoms with Gasteiger partial charge in [0.15, 0.2) is 7.14 Å². The smallest absolute Gasteiger partial charge is 0.271 e. The molecule has 0 atom stereocenters. The largest absolute Gasteiger partial charge is 0.347 e. The van der Waals surface area contributed by atoms with Crippen molar-refractivity contribution in [1.29, 1.82) is 0 Å². The SMILES string of the molecule is O=C(/C=N\NNC(=O)c1ccccc1P(=O)(c1ccccc1)c1ccccc1)NCc1ccccc1. The molecule has 0 saturated heterocycles. The number of hydrazine groups is 1. The van der Waals surface area contributed by atoms with Crippen molar-refractivity contribution >= 4 is 41.1 Å². The Morgan fingerprint density at radius 2 is 1.25 bits per heavy atom. The molecule has 0 heterocycles. The predicted octanol–water partition coefficient (Wildman–Crippen LogP) is 2.86. The first-order valence-electron chi connectivity index (χ1n) is 11.3. The lowest BCUT2D eigenvalue weighted by Crippen LogP contribution is -2.38. The third-order valence-electron chi connectivity index (χ3n) is 5.45. The Bertz CT molecular complexity index is 1350. The molecule has 2 amide bonds. The minimum absolute atomic E-state index is 0.241. The van der Waals surface area contributed by atoms with Crippen molar-refractivity contribution in [2.45, 2.75) is 6.54 Å². The molecule has 0 radical (unpaired) electrons. The fraction of sp³-hybridized carbons (Fsp3) is 0.0357. The molecule has 8 heteroatoms. The normalized spacial score (nSPS) is 11.1. The highest BCUT2D eigenvalue weighted by molar-refractivity contribution is 7.85. The standard InChI is InChI=1S/C28H25N4O3P/c33-27(29-20-22-12-4-1-5-13-22)21-30-32-31-28(34)25-18-10-11-19-26(25)36(35,23-14-6-2-7-15-23)24-16-8-3-9-17-24/h1-19,21,32H,20H2,(H,29,33)(H,31,34)/b30-21-. The van der Waals surface area contributed by atoms with Gasteiger partial charge < -0.3 is 9.88 Å². The Labute approximate surface area is 209 Å². The summed E-state index contributed by atoms with van der Waals surface area (Å²) >= 11 is 0. The van der Waals surface area contributed by atoms with E-state index < -0.39 is 19.0 Å². The number of rotatable bonds is 9. The number of hydrogen-bond acceptors (Lipinski definition) is 5. The topological polar surface area (TPSA) is 99.7 Å². The van der Waals surface area contributed by atoms with Gasteiger partial charge in [0.2, 0.25) is 0 Å². The van der Waals surface area contributed by atoms with Crippen LogP contribution >= 0.6 is 7.14 Å². The first kappa shape index (κ1) is 24.6. The van der Waals surface area contributed by atoms with Crippen LogP contribution in [0.2, 0.25) is 0 Å². The van der Waals surface area contributed by atoms with Gasteiger partial charge in [0.1, 0.15) is 6.21 Å². The van der Waals surface area contributed by atoms with Gasteiger partial charge in [-0.25, -0.2) is 11.0 Å². The van der Waals surface area contributed by atoms with Gasteiger partial charge in [0, 0.05) is 22.5 Å². The molecule has 36 heavy (non-hydrogen) atoms. The van der Waals surface area contributed by atoms with Gasteiger partial charge in [-0.05, 0) is 11.6 Å². The van der Waals surface area contributed by atoms with E-state index in [1.165, 1.54) is 0 Å². The van der Waals surface area contributed by atoms with E-state index in [0.717, 1.165) is 11.8 Å². The van der Waals surface area contributed by atoms with E-state index >= 15 is 0 Å². The summed E-state index contributed by atoms with van der Waals surface area (Å²) in [7, 11) is -3.35. The van der Waals surface area contributed by atoms with E-state index in [9.17, 15) is 14.2 Å².